The van der Waals surface area contributed by atoms with Crippen molar-refractivity contribution in [2.24, 2.45) is 0 Å². The Bertz CT molecular complexity index is 877. The fraction of sp³-hybridized carbons (Fsp3) is 0.550. The molecule has 27 heavy (non-hydrogen) atoms. The van der Waals surface area contributed by atoms with Gasteiger partial charge in [-0.15, -0.1) is 0 Å². The van der Waals surface area contributed by atoms with Crippen LogP contribution in [0.2, 0.25) is 0 Å². The number of rotatable bonds is 6. The Morgan fingerprint density at radius 3 is 3.00 bits per heavy atom. The number of fused-ring (bicyclic) bond motifs is 1. The smallest absolute Gasteiger partial charge is 0.274 e. The number of aromatic nitrogens is 2. The summed E-state index contributed by atoms with van der Waals surface area (Å²) in [7, 11) is 0. The van der Waals surface area contributed by atoms with Crippen molar-refractivity contribution >= 4 is 11.6 Å². The zero-order chi connectivity index (χ0) is 19.4. The van der Waals surface area contributed by atoms with Gasteiger partial charge in [0.1, 0.15) is 5.65 Å². The van der Waals surface area contributed by atoms with Crippen LogP contribution in [0.5, 0.6) is 5.88 Å². The lowest BCUT2D eigenvalue weighted by atomic mass is 10.00. The first kappa shape index (κ1) is 19.4. The quantitative estimate of drug-likeness (QED) is 0.758. The van der Waals surface area contributed by atoms with Crippen LogP contribution in [-0.4, -0.2) is 51.0 Å². The Morgan fingerprint density at radius 2 is 2.22 bits per heavy atom. The molecule has 1 fully saturated rings. The molecule has 0 bridgehead atoms. The Hall–Kier alpha value is -2.41. The van der Waals surface area contributed by atoms with Gasteiger partial charge in [-0.25, -0.2) is 0 Å². The number of likely N-dealkylation sites (tertiary alicyclic amines) is 1. The fourth-order valence-electron chi connectivity index (χ4n) is 3.87. The summed E-state index contributed by atoms with van der Waals surface area (Å²) in [5.41, 5.74) is 0.249. The lowest BCUT2D eigenvalue weighted by Gasteiger charge is -2.35. The van der Waals surface area contributed by atoms with Crippen LogP contribution >= 0.6 is 0 Å². The first-order valence-corrected chi connectivity index (χ1v) is 9.76. The molecule has 1 amide bonds. The van der Waals surface area contributed by atoms with E-state index >= 15 is 0 Å². The number of hydrogen-bond donors (Lipinski definition) is 2. The highest BCUT2D eigenvalue weighted by molar-refractivity contribution is 5.96. The van der Waals surface area contributed by atoms with Crippen molar-refractivity contribution in [3.05, 3.63) is 39.8 Å². The minimum absolute atomic E-state index is 0.303. The van der Waals surface area contributed by atoms with E-state index in [-0.39, 0.29) is 5.56 Å². The van der Waals surface area contributed by atoms with Gasteiger partial charge in [0.2, 0.25) is 5.88 Å². The van der Waals surface area contributed by atoms with Crippen molar-refractivity contribution in [3.8, 4) is 5.88 Å². The Kier molecular flexibility index (Phi) is 6.11. The lowest BCUT2D eigenvalue weighted by molar-refractivity contribution is 0.0942. The molecule has 0 unspecified atom stereocenters. The van der Waals surface area contributed by atoms with Gasteiger partial charge >= 0.3 is 0 Å². The minimum atomic E-state index is -0.577. The Labute approximate surface area is 159 Å². The minimum Gasteiger partial charge on any atom is -0.493 e. The summed E-state index contributed by atoms with van der Waals surface area (Å²) in [4.78, 5) is 31.6. The maximum Gasteiger partial charge on any atom is 0.274 e. The second kappa shape index (κ2) is 8.52. The molecule has 0 radical (unpaired) electrons. The molecule has 146 valence electrons. The molecule has 0 saturated carbocycles. The number of nitrogens with zero attached hydrogens (tertiary/aromatic N) is 3. The van der Waals surface area contributed by atoms with E-state index in [1.165, 1.54) is 23.7 Å². The average molecular weight is 372 g/mol. The molecule has 3 heterocycles. The average Bonchev–Trinajstić information content (AvgIpc) is 2.66. The van der Waals surface area contributed by atoms with Crippen LogP contribution in [0.4, 0.5) is 0 Å². The highest BCUT2D eigenvalue weighted by Crippen LogP contribution is 2.19. The third-order valence-corrected chi connectivity index (χ3v) is 5.39. The first-order chi connectivity index (χ1) is 13.0. The molecule has 2 N–H and O–H groups in total. The van der Waals surface area contributed by atoms with Crippen LogP contribution in [0.1, 0.15) is 54.9 Å². The maximum atomic E-state index is 12.6. The molecular weight excluding hydrogens is 344 g/mol. The second-order valence-electron chi connectivity index (χ2n) is 7.20. The summed E-state index contributed by atoms with van der Waals surface area (Å²) in [6, 6.07) is 4.15. The summed E-state index contributed by atoms with van der Waals surface area (Å²) in [6.45, 7) is 6.52. The van der Waals surface area contributed by atoms with E-state index in [0.29, 0.717) is 18.2 Å². The predicted molar refractivity (Wildman–Crippen MR) is 104 cm³/mol. The molecule has 0 spiro atoms. The van der Waals surface area contributed by atoms with Gasteiger partial charge in [0.05, 0.1) is 0 Å². The van der Waals surface area contributed by atoms with Crippen molar-refractivity contribution in [1.29, 1.82) is 0 Å². The molecular formula is C20H28N4O3. The summed E-state index contributed by atoms with van der Waals surface area (Å²) in [5.74, 6) is -1.10. The normalized spacial score (nSPS) is 17.9. The SMILES string of the molecule is CC[C@@H]1CCCCN1CCCNC(=O)c1c(O)nc2c(C)cccn2c1=O. The fourth-order valence-corrected chi connectivity index (χ4v) is 3.87. The first-order valence-electron chi connectivity index (χ1n) is 9.76. The molecule has 7 heteroatoms. The predicted octanol–water partition coefficient (Wildman–Crippen LogP) is 2.09. The van der Waals surface area contributed by atoms with Crippen LogP contribution in [0.15, 0.2) is 23.1 Å². The summed E-state index contributed by atoms with van der Waals surface area (Å²) in [5, 5.41) is 12.9. The summed E-state index contributed by atoms with van der Waals surface area (Å²) in [6.07, 6.45) is 7.29. The standard InChI is InChI=1S/C20H28N4O3/c1-3-15-9-4-5-11-23(15)12-7-10-21-18(25)16-19(26)22-17-14(2)8-6-13-24(17)20(16)27/h6,8,13,15,26H,3-5,7,9-12H2,1-2H3,(H,21,25)/t15-/m1/s1. The van der Waals surface area contributed by atoms with E-state index in [1.807, 2.05) is 0 Å². The van der Waals surface area contributed by atoms with E-state index in [9.17, 15) is 14.7 Å². The lowest BCUT2D eigenvalue weighted by Crippen LogP contribution is -2.41. The van der Waals surface area contributed by atoms with Gasteiger partial charge in [-0.05, 0) is 50.8 Å². The molecule has 2 aromatic rings. The number of carbonyl (C=O) groups excluding carboxylic acids is 1. The zero-order valence-electron chi connectivity index (χ0n) is 16.1. The van der Waals surface area contributed by atoms with E-state index in [0.717, 1.165) is 31.5 Å². The van der Waals surface area contributed by atoms with Crippen LogP contribution in [0, 0.1) is 6.92 Å². The number of nitrogens with one attached hydrogen (secondary N) is 1. The van der Waals surface area contributed by atoms with Gasteiger partial charge < -0.3 is 15.3 Å². The Balaban J connectivity index is 1.64. The van der Waals surface area contributed by atoms with Crippen LogP contribution in [-0.2, 0) is 0 Å². The van der Waals surface area contributed by atoms with E-state index in [2.05, 4.69) is 22.1 Å². The molecule has 7 nitrogen and oxygen atoms in total. The monoisotopic (exact) mass is 372 g/mol. The molecule has 1 aliphatic rings. The van der Waals surface area contributed by atoms with Crippen molar-refractivity contribution in [2.45, 2.75) is 52.0 Å². The van der Waals surface area contributed by atoms with Gasteiger partial charge in [-0.1, -0.05) is 19.4 Å². The molecule has 3 rings (SSSR count). The molecule has 2 aromatic heterocycles. The number of pyridine rings is 1. The molecule has 1 aliphatic heterocycles. The summed E-state index contributed by atoms with van der Waals surface area (Å²) >= 11 is 0. The van der Waals surface area contributed by atoms with E-state index < -0.39 is 17.3 Å². The van der Waals surface area contributed by atoms with Gasteiger partial charge in [0.15, 0.2) is 5.56 Å². The number of aromatic hydroxyl groups is 1. The number of hydrogen-bond acceptors (Lipinski definition) is 5. The van der Waals surface area contributed by atoms with Crippen molar-refractivity contribution in [2.75, 3.05) is 19.6 Å². The van der Waals surface area contributed by atoms with Crippen LogP contribution in [0.25, 0.3) is 5.65 Å². The highest BCUT2D eigenvalue weighted by atomic mass is 16.3. The number of carbonyl (C=O) groups is 1. The third kappa shape index (κ3) is 4.13. The van der Waals surface area contributed by atoms with Crippen molar-refractivity contribution in [1.82, 2.24) is 19.6 Å². The topological polar surface area (TPSA) is 86.9 Å². The van der Waals surface area contributed by atoms with Crippen LogP contribution in [0.3, 0.4) is 0 Å². The van der Waals surface area contributed by atoms with Crippen molar-refractivity contribution < 1.29 is 9.90 Å². The number of piperidine rings is 1. The van der Waals surface area contributed by atoms with Crippen LogP contribution < -0.4 is 10.9 Å². The molecule has 1 atom stereocenters. The van der Waals surface area contributed by atoms with E-state index in [4.69, 9.17) is 0 Å². The third-order valence-electron chi connectivity index (χ3n) is 5.39. The zero-order valence-corrected chi connectivity index (χ0v) is 16.1. The summed E-state index contributed by atoms with van der Waals surface area (Å²) < 4.78 is 1.30. The van der Waals surface area contributed by atoms with Gasteiger partial charge in [-0.3, -0.25) is 14.0 Å². The maximum absolute atomic E-state index is 12.6. The number of aryl methyl sites for hydroxylation is 1. The largest absolute Gasteiger partial charge is 0.493 e. The highest BCUT2D eigenvalue weighted by Gasteiger charge is 2.22. The van der Waals surface area contributed by atoms with Gasteiger partial charge in [0, 0.05) is 25.3 Å². The number of amides is 1. The second-order valence-corrected chi connectivity index (χ2v) is 7.20. The molecule has 1 saturated heterocycles. The van der Waals surface area contributed by atoms with Crippen molar-refractivity contribution in [3.63, 3.8) is 0 Å². The van der Waals surface area contributed by atoms with E-state index in [1.54, 1.807) is 25.3 Å². The molecule has 0 aromatic carbocycles. The molecule has 0 aliphatic carbocycles. The Morgan fingerprint density at radius 1 is 1.41 bits per heavy atom. The van der Waals surface area contributed by atoms with Gasteiger partial charge in [-0.2, -0.15) is 4.98 Å². The van der Waals surface area contributed by atoms with Gasteiger partial charge in [0.25, 0.3) is 11.5 Å².